The minimum Gasteiger partial charge on any atom is -0.316 e. The molecule has 1 N–H and O–H groups in total. The molecule has 1 atom stereocenters. The van der Waals surface area contributed by atoms with E-state index in [1.165, 1.54) is 10.0 Å². The topological polar surface area (TPSA) is 15.3 Å². The Hall–Kier alpha value is -0.380. The van der Waals surface area contributed by atoms with E-state index in [4.69, 9.17) is 0 Å². The summed E-state index contributed by atoms with van der Waals surface area (Å²) in [6.45, 7) is 4.22. The van der Waals surface area contributed by atoms with Crippen LogP contribution in [0.3, 0.4) is 0 Å². The Morgan fingerprint density at radius 1 is 1.40 bits per heavy atom. The monoisotopic (exact) mass is 270 g/mol. The molecule has 84 valence electrons. The maximum atomic E-state index is 3.57. The van der Waals surface area contributed by atoms with E-state index in [-0.39, 0.29) is 0 Å². The van der Waals surface area contributed by atoms with E-state index in [0.717, 1.165) is 13.1 Å². The molecule has 1 unspecified atom stereocenters. The molecule has 0 aliphatic rings. The Morgan fingerprint density at radius 2 is 2.07 bits per heavy atom. The van der Waals surface area contributed by atoms with Crippen LogP contribution in [0.25, 0.3) is 0 Å². The maximum Gasteiger partial charge on any atom is 0.0242 e. The zero-order valence-corrected chi connectivity index (χ0v) is 11.2. The largest absolute Gasteiger partial charge is 0.316 e. The first-order valence-electron chi connectivity index (χ1n) is 5.22. The Bertz CT molecular complexity index is 301. The lowest BCUT2D eigenvalue weighted by atomic mass is 10.2. The van der Waals surface area contributed by atoms with Gasteiger partial charge in [0.25, 0.3) is 0 Å². The average molecular weight is 271 g/mol. The lowest BCUT2D eigenvalue weighted by Gasteiger charge is -2.21. The Balaban J connectivity index is 2.51. The van der Waals surface area contributed by atoms with Gasteiger partial charge in [0.2, 0.25) is 0 Å². The third-order valence-corrected chi connectivity index (χ3v) is 3.25. The van der Waals surface area contributed by atoms with Crippen molar-refractivity contribution in [1.82, 2.24) is 10.2 Å². The second-order valence-corrected chi connectivity index (χ2v) is 4.83. The molecule has 3 heteroatoms. The van der Waals surface area contributed by atoms with E-state index < -0.39 is 0 Å². The first-order valence-corrected chi connectivity index (χ1v) is 6.02. The number of nitrogens with one attached hydrogen (secondary N) is 1. The normalized spacial score (nSPS) is 13.1. The summed E-state index contributed by atoms with van der Waals surface area (Å²) in [7, 11) is 4.14. The smallest absolute Gasteiger partial charge is 0.0242 e. The van der Waals surface area contributed by atoms with E-state index in [1.54, 1.807) is 0 Å². The van der Waals surface area contributed by atoms with Gasteiger partial charge in [-0.2, -0.15) is 0 Å². The number of rotatable bonds is 5. The fourth-order valence-corrected chi connectivity index (χ4v) is 1.95. The second-order valence-electron chi connectivity index (χ2n) is 3.98. The third-order valence-electron chi connectivity index (χ3n) is 2.48. The van der Waals surface area contributed by atoms with Crippen molar-refractivity contribution in [3.8, 4) is 0 Å². The van der Waals surface area contributed by atoms with Crippen LogP contribution in [0, 0.1) is 0 Å². The minimum absolute atomic E-state index is 0.525. The second kappa shape index (κ2) is 6.26. The summed E-state index contributed by atoms with van der Waals surface area (Å²) < 4.78 is 1.19. The van der Waals surface area contributed by atoms with Crippen molar-refractivity contribution < 1.29 is 0 Å². The van der Waals surface area contributed by atoms with Gasteiger partial charge in [-0.05, 0) is 32.6 Å². The summed E-state index contributed by atoms with van der Waals surface area (Å²) in [5.74, 6) is 0. The van der Waals surface area contributed by atoms with Crippen LogP contribution in [0.2, 0.25) is 0 Å². The molecule has 0 bridgehead atoms. The highest BCUT2D eigenvalue weighted by Crippen LogP contribution is 2.17. The van der Waals surface area contributed by atoms with E-state index in [0.29, 0.717) is 6.04 Å². The maximum absolute atomic E-state index is 3.57. The van der Waals surface area contributed by atoms with Gasteiger partial charge in [0, 0.05) is 23.6 Å². The van der Waals surface area contributed by atoms with Gasteiger partial charge in [-0.3, -0.25) is 0 Å². The van der Waals surface area contributed by atoms with Gasteiger partial charge in [0.15, 0.2) is 0 Å². The summed E-state index contributed by atoms with van der Waals surface area (Å²) in [6, 6.07) is 8.90. The molecule has 0 saturated carbocycles. The first kappa shape index (κ1) is 12.7. The summed E-state index contributed by atoms with van der Waals surface area (Å²) in [5.41, 5.74) is 1.34. The van der Waals surface area contributed by atoms with E-state index in [1.807, 2.05) is 13.1 Å². The van der Waals surface area contributed by atoms with E-state index in [9.17, 15) is 0 Å². The van der Waals surface area contributed by atoms with Crippen LogP contribution in [0.4, 0.5) is 0 Å². The molecule has 1 aromatic carbocycles. The predicted octanol–water partition coefficient (Wildman–Crippen LogP) is 2.49. The number of likely N-dealkylation sites (N-methyl/N-ethyl adjacent to an activating group) is 2. The van der Waals surface area contributed by atoms with Gasteiger partial charge in [-0.1, -0.05) is 34.1 Å². The summed E-state index contributed by atoms with van der Waals surface area (Å²) in [6.07, 6.45) is 0. The van der Waals surface area contributed by atoms with Crippen LogP contribution in [0.15, 0.2) is 28.7 Å². The molecular weight excluding hydrogens is 252 g/mol. The zero-order chi connectivity index (χ0) is 11.3. The number of hydrogen-bond acceptors (Lipinski definition) is 2. The molecular formula is C12H19BrN2. The van der Waals surface area contributed by atoms with Crippen LogP contribution in [-0.4, -0.2) is 31.6 Å². The fraction of sp³-hybridized carbons (Fsp3) is 0.500. The van der Waals surface area contributed by atoms with Crippen molar-refractivity contribution in [3.63, 3.8) is 0 Å². The van der Waals surface area contributed by atoms with Gasteiger partial charge in [0.1, 0.15) is 0 Å². The molecule has 0 amide bonds. The van der Waals surface area contributed by atoms with E-state index >= 15 is 0 Å². The highest BCUT2D eigenvalue weighted by molar-refractivity contribution is 9.10. The molecule has 1 aromatic rings. The van der Waals surface area contributed by atoms with Gasteiger partial charge in [0.05, 0.1) is 0 Å². The van der Waals surface area contributed by atoms with Crippen molar-refractivity contribution in [2.75, 3.05) is 20.6 Å². The van der Waals surface area contributed by atoms with Gasteiger partial charge < -0.3 is 10.2 Å². The molecule has 0 aromatic heterocycles. The summed E-state index contributed by atoms with van der Waals surface area (Å²) >= 11 is 3.57. The quantitative estimate of drug-likeness (QED) is 0.885. The molecule has 0 heterocycles. The van der Waals surface area contributed by atoms with Crippen LogP contribution < -0.4 is 5.32 Å². The molecule has 0 spiro atoms. The number of benzene rings is 1. The highest BCUT2D eigenvalue weighted by atomic mass is 79.9. The standard InChI is InChI=1S/C12H19BrN2/c1-10(14-2)8-15(3)9-11-6-4-5-7-12(11)13/h4-7,10,14H,8-9H2,1-3H3. The third kappa shape index (κ3) is 4.33. The SMILES string of the molecule is CNC(C)CN(C)Cc1ccccc1Br. The Labute approximate surface area is 101 Å². The molecule has 15 heavy (non-hydrogen) atoms. The Kier molecular flexibility index (Phi) is 5.29. The van der Waals surface area contributed by atoms with Crippen LogP contribution in [-0.2, 0) is 6.54 Å². The Morgan fingerprint density at radius 3 is 2.67 bits per heavy atom. The lowest BCUT2D eigenvalue weighted by Crippen LogP contribution is -2.34. The van der Waals surface area contributed by atoms with Gasteiger partial charge >= 0.3 is 0 Å². The first-order chi connectivity index (χ1) is 7.13. The van der Waals surface area contributed by atoms with Gasteiger partial charge in [-0.15, -0.1) is 0 Å². The number of halogens is 1. The molecule has 0 fully saturated rings. The van der Waals surface area contributed by atoms with Crippen molar-refractivity contribution in [2.45, 2.75) is 19.5 Å². The highest BCUT2D eigenvalue weighted by Gasteiger charge is 2.06. The fourth-order valence-electron chi connectivity index (χ4n) is 1.54. The van der Waals surface area contributed by atoms with Crippen molar-refractivity contribution in [3.05, 3.63) is 34.3 Å². The van der Waals surface area contributed by atoms with Crippen LogP contribution in [0.1, 0.15) is 12.5 Å². The lowest BCUT2D eigenvalue weighted by molar-refractivity contribution is 0.295. The van der Waals surface area contributed by atoms with Crippen molar-refractivity contribution >= 4 is 15.9 Å². The van der Waals surface area contributed by atoms with Crippen LogP contribution >= 0.6 is 15.9 Å². The van der Waals surface area contributed by atoms with Gasteiger partial charge in [-0.25, -0.2) is 0 Å². The van der Waals surface area contributed by atoms with Crippen molar-refractivity contribution in [2.24, 2.45) is 0 Å². The van der Waals surface area contributed by atoms with Crippen LogP contribution in [0.5, 0.6) is 0 Å². The molecule has 0 saturated heterocycles. The molecule has 1 rings (SSSR count). The zero-order valence-electron chi connectivity index (χ0n) is 9.63. The summed E-state index contributed by atoms with van der Waals surface area (Å²) in [5, 5.41) is 3.24. The molecule has 0 aliphatic heterocycles. The molecule has 0 radical (unpaired) electrons. The molecule has 2 nitrogen and oxygen atoms in total. The average Bonchev–Trinajstić information content (AvgIpc) is 2.21. The number of hydrogen-bond donors (Lipinski definition) is 1. The number of nitrogens with zero attached hydrogens (tertiary/aromatic N) is 1. The summed E-state index contributed by atoms with van der Waals surface area (Å²) in [4.78, 5) is 2.32. The van der Waals surface area contributed by atoms with Crippen molar-refractivity contribution in [1.29, 1.82) is 0 Å². The molecule has 0 aliphatic carbocycles. The predicted molar refractivity (Wildman–Crippen MR) is 69.0 cm³/mol. The van der Waals surface area contributed by atoms with E-state index in [2.05, 4.69) is 58.3 Å². The minimum atomic E-state index is 0.525.